The van der Waals surface area contributed by atoms with Crippen molar-refractivity contribution in [3.8, 4) is 0 Å². The molecule has 5 unspecified atom stereocenters. The van der Waals surface area contributed by atoms with Crippen molar-refractivity contribution in [2.45, 2.75) is 32.1 Å². The van der Waals surface area contributed by atoms with Crippen LogP contribution in [0.3, 0.4) is 0 Å². The van der Waals surface area contributed by atoms with Crippen LogP contribution in [0.15, 0.2) is 11.6 Å². The third kappa shape index (κ3) is 0.522. The molecule has 12 heavy (non-hydrogen) atoms. The Morgan fingerprint density at radius 2 is 2.00 bits per heavy atom. The molecule has 0 saturated heterocycles. The van der Waals surface area contributed by atoms with Crippen molar-refractivity contribution in [2.24, 2.45) is 29.6 Å². The summed E-state index contributed by atoms with van der Waals surface area (Å²) in [6.45, 7) is 0. The van der Waals surface area contributed by atoms with Gasteiger partial charge in [0, 0.05) is 0 Å². The van der Waals surface area contributed by atoms with Gasteiger partial charge in [-0.3, -0.25) is 0 Å². The highest BCUT2D eigenvalue weighted by molar-refractivity contribution is 5.27. The van der Waals surface area contributed by atoms with Crippen LogP contribution in [0.4, 0.5) is 0 Å². The Labute approximate surface area is 74.0 Å². The molecule has 0 N–H and O–H groups in total. The zero-order chi connectivity index (χ0) is 7.71. The molecule has 0 radical (unpaired) electrons. The molecule has 0 aromatic rings. The molecule has 3 saturated carbocycles. The maximum Gasteiger partial charge on any atom is -0.0164 e. The van der Waals surface area contributed by atoms with Gasteiger partial charge in [-0.15, -0.1) is 0 Å². The van der Waals surface area contributed by atoms with Gasteiger partial charge in [0.25, 0.3) is 0 Å². The van der Waals surface area contributed by atoms with Gasteiger partial charge in [-0.1, -0.05) is 11.6 Å². The van der Waals surface area contributed by atoms with Crippen LogP contribution in [0.2, 0.25) is 0 Å². The van der Waals surface area contributed by atoms with Crippen molar-refractivity contribution in [3.63, 3.8) is 0 Å². The largest absolute Gasteiger partial charge is 0.0847 e. The van der Waals surface area contributed by atoms with E-state index >= 15 is 0 Å². The van der Waals surface area contributed by atoms with Crippen LogP contribution in [0.25, 0.3) is 0 Å². The molecule has 0 bridgehead atoms. The zero-order valence-corrected chi connectivity index (χ0v) is 7.50. The summed E-state index contributed by atoms with van der Waals surface area (Å²) >= 11 is 0. The SMILES string of the molecule is C1=C2C(CC1)CC1CC3CC2C13. The monoisotopic (exact) mass is 160 g/mol. The zero-order valence-electron chi connectivity index (χ0n) is 7.50. The van der Waals surface area contributed by atoms with Crippen molar-refractivity contribution in [1.29, 1.82) is 0 Å². The Hall–Kier alpha value is -0.260. The lowest BCUT2D eigenvalue weighted by Crippen LogP contribution is -2.55. The molecule has 3 fully saturated rings. The molecule has 4 rings (SSSR count). The van der Waals surface area contributed by atoms with E-state index < -0.39 is 0 Å². The van der Waals surface area contributed by atoms with E-state index in [2.05, 4.69) is 6.08 Å². The molecule has 0 aromatic carbocycles. The van der Waals surface area contributed by atoms with E-state index in [1.54, 1.807) is 19.3 Å². The fraction of sp³-hybridized carbons (Fsp3) is 0.833. The summed E-state index contributed by atoms with van der Waals surface area (Å²) in [6, 6.07) is 0. The molecule has 4 aliphatic carbocycles. The molecule has 0 heterocycles. The molecule has 0 aromatic heterocycles. The van der Waals surface area contributed by atoms with Crippen molar-refractivity contribution in [3.05, 3.63) is 11.6 Å². The summed E-state index contributed by atoms with van der Waals surface area (Å²) in [6.07, 6.45) is 10.2. The van der Waals surface area contributed by atoms with Crippen molar-refractivity contribution in [1.82, 2.24) is 0 Å². The van der Waals surface area contributed by atoms with Gasteiger partial charge in [-0.25, -0.2) is 0 Å². The van der Waals surface area contributed by atoms with Crippen molar-refractivity contribution < 1.29 is 0 Å². The Bertz CT molecular complexity index is 263. The van der Waals surface area contributed by atoms with Gasteiger partial charge in [0.15, 0.2) is 0 Å². The Morgan fingerprint density at radius 3 is 2.92 bits per heavy atom. The third-order valence-corrected chi connectivity index (χ3v) is 5.10. The summed E-state index contributed by atoms with van der Waals surface area (Å²) in [7, 11) is 0. The van der Waals surface area contributed by atoms with Gasteiger partial charge in [0.1, 0.15) is 0 Å². The van der Waals surface area contributed by atoms with E-state index in [9.17, 15) is 0 Å². The predicted molar refractivity (Wildman–Crippen MR) is 48.6 cm³/mol. The number of fused-ring (bicyclic) bond motifs is 2. The van der Waals surface area contributed by atoms with Crippen LogP contribution >= 0.6 is 0 Å². The molecular formula is C12H16. The molecule has 5 atom stereocenters. The van der Waals surface area contributed by atoms with Gasteiger partial charge in [0.05, 0.1) is 0 Å². The minimum atomic E-state index is 1.05. The first-order valence-corrected chi connectivity index (χ1v) is 5.63. The average Bonchev–Trinajstić information content (AvgIpc) is 2.40. The second-order valence-corrected chi connectivity index (χ2v) is 5.39. The summed E-state index contributed by atoms with van der Waals surface area (Å²) in [5.41, 5.74) is 1.91. The fourth-order valence-corrected chi connectivity index (χ4v) is 4.56. The summed E-state index contributed by atoms with van der Waals surface area (Å²) < 4.78 is 0. The second-order valence-electron chi connectivity index (χ2n) is 5.39. The number of hydrogen-bond donors (Lipinski definition) is 0. The third-order valence-electron chi connectivity index (χ3n) is 5.10. The Morgan fingerprint density at radius 1 is 1.08 bits per heavy atom. The predicted octanol–water partition coefficient (Wildman–Crippen LogP) is 3.00. The lowest BCUT2D eigenvalue weighted by molar-refractivity contribution is -0.104. The Kier molecular flexibility index (Phi) is 0.939. The van der Waals surface area contributed by atoms with Crippen LogP contribution < -0.4 is 0 Å². The summed E-state index contributed by atoms with van der Waals surface area (Å²) in [5.74, 6) is 5.69. The van der Waals surface area contributed by atoms with Crippen LogP contribution in [-0.4, -0.2) is 0 Å². The van der Waals surface area contributed by atoms with Gasteiger partial charge >= 0.3 is 0 Å². The molecule has 4 aliphatic rings. The average molecular weight is 160 g/mol. The smallest absolute Gasteiger partial charge is 0.0164 e. The minimum absolute atomic E-state index is 1.05. The number of rotatable bonds is 0. The fourth-order valence-electron chi connectivity index (χ4n) is 4.56. The van der Waals surface area contributed by atoms with Crippen LogP contribution in [-0.2, 0) is 0 Å². The normalized spacial score (nSPS) is 59.3. The highest BCUT2D eigenvalue weighted by Gasteiger charge is 2.58. The van der Waals surface area contributed by atoms with Gasteiger partial charge in [-0.2, -0.15) is 0 Å². The van der Waals surface area contributed by atoms with Crippen LogP contribution in [0, 0.1) is 29.6 Å². The van der Waals surface area contributed by atoms with E-state index in [4.69, 9.17) is 0 Å². The van der Waals surface area contributed by atoms with Crippen molar-refractivity contribution in [2.75, 3.05) is 0 Å². The summed E-state index contributed by atoms with van der Waals surface area (Å²) in [4.78, 5) is 0. The molecule has 0 heteroatoms. The maximum atomic E-state index is 2.58. The van der Waals surface area contributed by atoms with E-state index in [1.165, 1.54) is 30.6 Å². The molecule has 0 amide bonds. The highest BCUT2D eigenvalue weighted by Crippen LogP contribution is 2.67. The second kappa shape index (κ2) is 1.81. The molecule has 0 aliphatic heterocycles. The molecule has 0 nitrogen and oxygen atoms in total. The van der Waals surface area contributed by atoms with E-state index in [0.717, 1.165) is 11.8 Å². The number of hydrogen-bond acceptors (Lipinski definition) is 0. The summed E-state index contributed by atoms with van der Waals surface area (Å²) in [5, 5.41) is 0. The van der Waals surface area contributed by atoms with Gasteiger partial charge in [-0.05, 0) is 61.7 Å². The topological polar surface area (TPSA) is 0 Å². The van der Waals surface area contributed by atoms with Gasteiger partial charge < -0.3 is 0 Å². The molecule has 0 spiro atoms. The van der Waals surface area contributed by atoms with Crippen LogP contribution in [0.1, 0.15) is 32.1 Å². The molecule has 64 valence electrons. The first-order valence-electron chi connectivity index (χ1n) is 5.63. The van der Waals surface area contributed by atoms with E-state index in [-0.39, 0.29) is 0 Å². The van der Waals surface area contributed by atoms with Gasteiger partial charge in [0.2, 0.25) is 0 Å². The Balaban J connectivity index is 1.74. The molecular weight excluding hydrogens is 144 g/mol. The quantitative estimate of drug-likeness (QED) is 0.478. The standard InChI is InChI=1S/C12H16/c1-2-7-4-8-5-9-6-11(12(8)9)10(7)3-1/h3,7-9,11-12H,1-2,4-6H2. The lowest BCUT2D eigenvalue weighted by Gasteiger charge is -2.63. The lowest BCUT2D eigenvalue weighted by atomic mass is 9.41. The highest BCUT2D eigenvalue weighted by atomic mass is 14.6. The number of allylic oxidation sites excluding steroid dienone is 2. The minimum Gasteiger partial charge on any atom is -0.0847 e. The maximum absolute atomic E-state index is 2.58. The van der Waals surface area contributed by atoms with Crippen molar-refractivity contribution >= 4 is 0 Å². The first kappa shape index (κ1) is 6.23. The van der Waals surface area contributed by atoms with Crippen LogP contribution in [0.5, 0.6) is 0 Å². The van der Waals surface area contributed by atoms with E-state index in [0.29, 0.717) is 0 Å². The van der Waals surface area contributed by atoms with E-state index in [1.807, 2.05) is 5.57 Å². The first-order chi connectivity index (χ1) is 5.93.